The van der Waals surface area contributed by atoms with E-state index in [-0.39, 0.29) is 5.91 Å². The Hall–Kier alpha value is -0.590. The summed E-state index contributed by atoms with van der Waals surface area (Å²) in [5.41, 5.74) is 0.741. The molecule has 6 heteroatoms. The van der Waals surface area contributed by atoms with Crippen molar-refractivity contribution in [3.05, 3.63) is 43.2 Å². The summed E-state index contributed by atoms with van der Waals surface area (Å²) in [7, 11) is 0. The smallest absolute Gasteiger partial charge is 0.268 e. The minimum Gasteiger partial charge on any atom is -0.346 e. The monoisotopic (exact) mass is 402 g/mol. The second-order valence-corrected chi connectivity index (χ2v) is 8.03. The van der Waals surface area contributed by atoms with Gasteiger partial charge in [0.05, 0.1) is 10.3 Å². The predicted molar refractivity (Wildman–Crippen MR) is 83.6 cm³/mol. The lowest BCUT2D eigenvalue weighted by Crippen LogP contribution is -2.24. The van der Waals surface area contributed by atoms with Crippen LogP contribution in [0, 0.1) is 0 Å². The summed E-state index contributed by atoms with van der Waals surface area (Å²) in [4.78, 5) is 13.4. The summed E-state index contributed by atoms with van der Waals surface area (Å²) < 4.78 is 4.12. The van der Waals surface area contributed by atoms with Crippen molar-refractivity contribution in [3.63, 3.8) is 0 Å². The number of thiophene rings is 1. The third-order valence-corrected chi connectivity index (χ3v) is 5.10. The molecule has 0 aliphatic heterocycles. The van der Waals surface area contributed by atoms with Crippen LogP contribution in [0.1, 0.15) is 34.2 Å². The molecule has 3 nitrogen and oxygen atoms in total. The van der Waals surface area contributed by atoms with E-state index in [1.54, 1.807) is 11.3 Å². The van der Waals surface area contributed by atoms with Crippen molar-refractivity contribution < 1.29 is 4.79 Å². The highest BCUT2D eigenvalue weighted by molar-refractivity contribution is 9.11. The van der Waals surface area contributed by atoms with Crippen LogP contribution in [0.15, 0.2) is 32.7 Å². The Morgan fingerprint density at radius 2 is 2.21 bits per heavy atom. The molecule has 1 amide bonds. The van der Waals surface area contributed by atoms with Crippen LogP contribution < -0.4 is 5.32 Å². The van der Waals surface area contributed by atoms with Gasteiger partial charge >= 0.3 is 0 Å². The van der Waals surface area contributed by atoms with Crippen molar-refractivity contribution >= 4 is 49.1 Å². The third kappa shape index (κ3) is 3.12. The molecule has 0 unspecified atom stereocenters. The van der Waals surface area contributed by atoms with E-state index in [0.717, 1.165) is 18.8 Å². The molecule has 0 radical (unpaired) electrons. The SMILES string of the molecule is O=C(NCc1ccc(Br)s1)c1cc(Br)cn1C1CC1. The Kier molecular flexibility index (Phi) is 3.82. The number of hydrogen-bond donors (Lipinski definition) is 1. The molecular weight excluding hydrogens is 392 g/mol. The number of rotatable bonds is 4. The molecule has 0 saturated heterocycles. The second-order valence-electron chi connectivity index (χ2n) is 4.57. The Bertz CT molecular complexity index is 616. The number of hydrogen-bond acceptors (Lipinski definition) is 2. The van der Waals surface area contributed by atoms with E-state index in [2.05, 4.69) is 41.7 Å². The molecule has 19 heavy (non-hydrogen) atoms. The van der Waals surface area contributed by atoms with Gasteiger partial charge in [0, 0.05) is 21.6 Å². The number of carbonyl (C=O) groups excluding carboxylic acids is 1. The Morgan fingerprint density at radius 3 is 2.84 bits per heavy atom. The fraction of sp³-hybridized carbons (Fsp3) is 0.308. The Morgan fingerprint density at radius 1 is 1.42 bits per heavy atom. The second kappa shape index (κ2) is 5.42. The maximum absolute atomic E-state index is 12.2. The van der Waals surface area contributed by atoms with Crippen molar-refractivity contribution in [2.24, 2.45) is 0 Å². The minimum absolute atomic E-state index is 0.0119. The molecule has 1 saturated carbocycles. The predicted octanol–water partition coefficient (Wildman–Crippen LogP) is 4.34. The average molecular weight is 404 g/mol. The van der Waals surface area contributed by atoms with Gasteiger partial charge in [0.25, 0.3) is 5.91 Å². The zero-order valence-corrected chi connectivity index (χ0v) is 14.0. The Balaban J connectivity index is 1.70. The van der Waals surface area contributed by atoms with Crippen LogP contribution >= 0.6 is 43.2 Å². The van der Waals surface area contributed by atoms with Crippen molar-refractivity contribution in [1.29, 1.82) is 0 Å². The first-order valence-electron chi connectivity index (χ1n) is 6.03. The lowest BCUT2D eigenvalue weighted by atomic mass is 10.3. The van der Waals surface area contributed by atoms with E-state index in [0.29, 0.717) is 12.6 Å². The van der Waals surface area contributed by atoms with Crippen LogP contribution in [-0.2, 0) is 6.54 Å². The average Bonchev–Trinajstić information content (AvgIpc) is 3.03. The van der Waals surface area contributed by atoms with E-state index in [4.69, 9.17) is 0 Å². The molecule has 1 aliphatic rings. The van der Waals surface area contributed by atoms with E-state index < -0.39 is 0 Å². The van der Waals surface area contributed by atoms with Gasteiger partial charge in [-0.15, -0.1) is 11.3 Å². The largest absolute Gasteiger partial charge is 0.346 e. The lowest BCUT2D eigenvalue weighted by molar-refractivity contribution is 0.0942. The highest BCUT2D eigenvalue weighted by Gasteiger charge is 2.27. The van der Waals surface area contributed by atoms with Crippen LogP contribution in [0.4, 0.5) is 0 Å². The topological polar surface area (TPSA) is 34.0 Å². The van der Waals surface area contributed by atoms with Gasteiger partial charge in [-0.1, -0.05) is 0 Å². The highest BCUT2D eigenvalue weighted by Crippen LogP contribution is 2.37. The third-order valence-electron chi connectivity index (χ3n) is 3.04. The molecule has 0 spiro atoms. The van der Waals surface area contributed by atoms with Crippen LogP contribution in [-0.4, -0.2) is 10.5 Å². The fourth-order valence-electron chi connectivity index (χ4n) is 1.99. The molecule has 3 rings (SSSR count). The van der Waals surface area contributed by atoms with Crippen molar-refractivity contribution in [1.82, 2.24) is 9.88 Å². The van der Waals surface area contributed by atoms with Gasteiger partial charge in [-0.05, 0) is 62.9 Å². The van der Waals surface area contributed by atoms with E-state index in [1.807, 2.05) is 24.4 Å². The standard InChI is InChI=1S/C13H12Br2N2OS/c14-8-5-11(17(7-8)9-1-2-9)13(18)16-6-10-3-4-12(15)19-10/h3-5,7,9H,1-2,6H2,(H,16,18). The van der Waals surface area contributed by atoms with Gasteiger partial charge in [-0.25, -0.2) is 0 Å². The summed E-state index contributed by atoms with van der Waals surface area (Å²) >= 11 is 8.50. The number of nitrogens with one attached hydrogen (secondary N) is 1. The zero-order chi connectivity index (χ0) is 13.4. The number of aromatic nitrogens is 1. The first kappa shape index (κ1) is 13.4. The quantitative estimate of drug-likeness (QED) is 0.809. The molecule has 100 valence electrons. The van der Waals surface area contributed by atoms with Gasteiger partial charge in [0.15, 0.2) is 0 Å². The number of halogens is 2. The molecule has 2 aromatic heterocycles. The number of nitrogens with zero attached hydrogens (tertiary/aromatic N) is 1. The van der Waals surface area contributed by atoms with Gasteiger partial charge in [-0.3, -0.25) is 4.79 Å². The van der Waals surface area contributed by atoms with Crippen molar-refractivity contribution in [2.75, 3.05) is 0 Å². The fourth-order valence-corrected chi connectivity index (χ4v) is 3.85. The maximum atomic E-state index is 12.2. The molecule has 2 aromatic rings. The van der Waals surface area contributed by atoms with Crippen LogP contribution in [0.25, 0.3) is 0 Å². The highest BCUT2D eigenvalue weighted by atomic mass is 79.9. The molecule has 2 heterocycles. The van der Waals surface area contributed by atoms with E-state index in [1.165, 1.54) is 12.8 Å². The van der Waals surface area contributed by atoms with Crippen molar-refractivity contribution in [3.8, 4) is 0 Å². The minimum atomic E-state index is -0.0119. The summed E-state index contributed by atoms with van der Waals surface area (Å²) in [6.45, 7) is 0.572. The molecular formula is C13H12Br2N2OS. The lowest BCUT2D eigenvalue weighted by Gasteiger charge is -2.07. The van der Waals surface area contributed by atoms with E-state index >= 15 is 0 Å². The number of amides is 1. The molecule has 0 atom stereocenters. The van der Waals surface area contributed by atoms with E-state index in [9.17, 15) is 4.79 Å². The molecule has 0 bridgehead atoms. The van der Waals surface area contributed by atoms with Gasteiger partial charge in [-0.2, -0.15) is 0 Å². The van der Waals surface area contributed by atoms with Gasteiger partial charge in [0.1, 0.15) is 5.69 Å². The first-order chi connectivity index (χ1) is 9.13. The maximum Gasteiger partial charge on any atom is 0.268 e. The molecule has 1 aliphatic carbocycles. The van der Waals surface area contributed by atoms with Crippen molar-refractivity contribution in [2.45, 2.75) is 25.4 Å². The number of carbonyl (C=O) groups is 1. The van der Waals surface area contributed by atoms with Crippen LogP contribution in [0.2, 0.25) is 0 Å². The summed E-state index contributed by atoms with van der Waals surface area (Å²) in [6.07, 6.45) is 4.33. The molecule has 1 N–H and O–H groups in total. The summed E-state index contributed by atoms with van der Waals surface area (Å²) in [6, 6.07) is 6.40. The van der Waals surface area contributed by atoms with Gasteiger partial charge in [0.2, 0.25) is 0 Å². The van der Waals surface area contributed by atoms with Crippen LogP contribution in [0.3, 0.4) is 0 Å². The Labute approximate surface area is 132 Å². The van der Waals surface area contributed by atoms with Gasteiger partial charge < -0.3 is 9.88 Å². The van der Waals surface area contributed by atoms with Crippen LogP contribution in [0.5, 0.6) is 0 Å². The first-order valence-corrected chi connectivity index (χ1v) is 8.43. The molecule has 0 aromatic carbocycles. The zero-order valence-electron chi connectivity index (χ0n) is 10.0. The summed E-state index contributed by atoms with van der Waals surface area (Å²) in [5, 5.41) is 2.97. The normalized spacial score (nSPS) is 14.6. The molecule has 1 fully saturated rings. The summed E-state index contributed by atoms with van der Waals surface area (Å²) in [5.74, 6) is -0.0119.